The van der Waals surface area contributed by atoms with Crippen LogP contribution >= 0.6 is 11.3 Å². The van der Waals surface area contributed by atoms with Gasteiger partial charge in [-0.1, -0.05) is 17.4 Å². The Hall–Kier alpha value is -2.36. The first-order valence-electron chi connectivity index (χ1n) is 9.21. The summed E-state index contributed by atoms with van der Waals surface area (Å²) in [5.74, 6) is 2.16. The summed E-state index contributed by atoms with van der Waals surface area (Å²) >= 11 is 1.48. The fourth-order valence-electron chi connectivity index (χ4n) is 3.66. The molecule has 0 unspecified atom stereocenters. The molecule has 150 valence electrons. The average Bonchev–Trinajstić information content (AvgIpc) is 3.21. The van der Waals surface area contributed by atoms with E-state index in [0.717, 1.165) is 36.6 Å². The number of hydrogen-bond acceptors (Lipinski definition) is 8. The molecule has 1 saturated heterocycles. The van der Waals surface area contributed by atoms with Gasteiger partial charge in [0, 0.05) is 26.2 Å². The lowest BCUT2D eigenvalue weighted by Crippen LogP contribution is -2.46. The van der Waals surface area contributed by atoms with Crippen molar-refractivity contribution in [2.75, 3.05) is 47.4 Å². The number of hydrogen-bond donors (Lipinski definition) is 1. The second kappa shape index (κ2) is 7.57. The van der Waals surface area contributed by atoms with Crippen LogP contribution in [0.25, 0.3) is 4.96 Å². The van der Waals surface area contributed by atoms with Crippen LogP contribution in [0.1, 0.15) is 22.3 Å². The summed E-state index contributed by atoms with van der Waals surface area (Å²) in [6.07, 6.45) is 0. The van der Waals surface area contributed by atoms with Crippen LogP contribution < -0.4 is 9.47 Å². The molecule has 1 aliphatic rings. The summed E-state index contributed by atoms with van der Waals surface area (Å²) in [5, 5.41) is 15.2. The summed E-state index contributed by atoms with van der Waals surface area (Å²) in [6, 6.07) is 5.82. The third-order valence-electron chi connectivity index (χ3n) is 5.18. The Morgan fingerprint density at radius 2 is 1.82 bits per heavy atom. The van der Waals surface area contributed by atoms with Crippen molar-refractivity contribution < 1.29 is 14.6 Å². The Kier molecular flexibility index (Phi) is 5.13. The number of rotatable bonds is 5. The van der Waals surface area contributed by atoms with E-state index in [1.807, 2.05) is 25.1 Å². The summed E-state index contributed by atoms with van der Waals surface area (Å²) in [7, 11) is 5.39. The minimum Gasteiger partial charge on any atom is -0.493 e. The van der Waals surface area contributed by atoms with Crippen molar-refractivity contribution in [1.82, 2.24) is 24.4 Å². The second-order valence-corrected chi connectivity index (χ2v) is 8.01. The maximum absolute atomic E-state index is 10.9. The van der Waals surface area contributed by atoms with Gasteiger partial charge in [0.25, 0.3) is 0 Å². The second-order valence-electron chi connectivity index (χ2n) is 7.00. The first kappa shape index (κ1) is 19.0. The molecule has 4 rings (SSSR count). The number of aromatic nitrogens is 3. The van der Waals surface area contributed by atoms with Gasteiger partial charge in [0.05, 0.1) is 25.1 Å². The van der Waals surface area contributed by atoms with Gasteiger partial charge in [0.15, 0.2) is 11.5 Å². The zero-order valence-electron chi connectivity index (χ0n) is 16.5. The van der Waals surface area contributed by atoms with Crippen LogP contribution in [-0.2, 0) is 0 Å². The Morgan fingerprint density at radius 3 is 2.46 bits per heavy atom. The summed E-state index contributed by atoms with van der Waals surface area (Å²) < 4.78 is 12.4. The molecule has 8 nitrogen and oxygen atoms in total. The standard InChI is InChI=1S/C19H25N5O3S/c1-12-20-19-24(21-12)18(25)17(28-19)16(23-9-7-22(2)8-10-23)13-5-6-14(26-3)15(11-13)27-4/h5-6,11,16,25H,7-10H2,1-4H3/t16-/m0/s1. The predicted molar refractivity (Wildman–Crippen MR) is 108 cm³/mol. The average molecular weight is 404 g/mol. The van der Waals surface area contributed by atoms with Crippen LogP contribution in [0, 0.1) is 6.92 Å². The maximum atomic E-state index is 10.9. The number of nitrogens with zero attached hydrogens (tertiary/aromatic N) is 5. The van der Waals surface area contributed by atoms with Crippen molar-refractivity contribution in [2.24, 2.45) is 0 Å². The SMILES string of the molecule is COc1ccc([C@@H](c2sc3nc(C)nn3c2O)N2CCN(C)CC2)cc1OC. The number of aryl methyl sites for hydroxylation is 1. The van der Waals surface area contributed by atoms with E-state index in [1.165, 1.54) is 15.9 Å². The van der Waals surface area contributed by atoms with Crippen LogP contribution in [0.2, 0.25) is 0 Å². The molecule has 3 heterocycles. The van der Waals surface area contributed by atoms with Crippen molar-refractivity contribution in [1.29, 1.82) is 0 Å². The number of benzene rings is 1. The van der Waals surface area contributed by atoms with Crippen molar-refractivity contribution in [3.63, 3.8) is 0 Å². The summed E-state index contributed by atoms with van der Waals surface area (Å²) in [6.45, 7) is 5.59. The smallest absolute Gasteiger partial charge is 0.230 e. The Morgan fingerprint density at radius 1 is 1.11 bits per heavy atom. The summed E-state index contributed by atoms with van der Waals surface area (Å²) in [4.78, 5) is 10.7. The Balaban J connectivity index is 1.81. The van der Waals surface area contributed by atoms with Crippen molar-refractivity contribution in [2.45, 2.75) is 13.0 Å². The molecule has 0 radical (unpaired) electrons. The van der Waals surface area contributed by atoms with Gasteiger partial charge >= 0.3 is 0 Å². The lowest BCUT2D eigenvalue weighted by molar-refractivity contribution is 0.127. The quantitative estimate of drug-likeness (QED) is 0.700. The fourth-order valence-corrected chi connectivity index (χ4v) is 4.82. The van der Waals surface area contributed by atoms with E-state index >= 15 is 0 Å². The largest absolute Gasteiger partial charge is 0.493 e. The topological polar surface area (TPSA) is 75.4 Å². The van der Waals surface area contributed by atoms with Crippen LogP contribution in [0.3, 0.4) is 0 Å². The first-order valence-corrected chi connectivity index (χ1v) is 10.0. The number of thiazole rings is 1. The molecule has 1 atom stereocenters. The molecule has 0 aliphatic carbocycles. The Labute approximate surface area is 167 Å². The number of likely N-dealkylation sites (N-methyl/N-ethyl adjacent to an activating group) is 1. The van der Waals surface area contributed by atoms with Crippen LogP contribution in [0.5, 0.6) is 17.4 Å². The molecule has 2 aromatic heterocycles. The molecule has 1 N–H and O–H groups in total. The van der Waals surface area contributed by atoms with E-state index < -0.39 is 0 Å². The number of aromatic hydroxyl groups is 1. The van der Waals surface area contributed by atoms with E-state index in [2.05, 4.69) is 26.9 Å². The molecule has 0 saturated carbocycles. The molecule has 0 bridgehead atoms. The van der Waals surface area contributed by atoms with E-state index in [9.17, 15) is 5.11 Å². The molecule has 0 amide bonds. The van der Waals surface area contributed by atoms with Crippen molar-refractivity contribution >= 4 is 16.3 Å². The van der Waals surface area contributed by atoms with Gasteiger partial charge in [-0.15, -0.1) is 5.10 Å². The van der Waals surface area contributed by atoms with Gasteiger partial charge < -0.3 is 19.5 Å². The minimum atomic E-state index is -0.109. The molecule has 1 aliphatic heterocycles. The van der Waals surface area contributed by atoms with Crippen LogP contribution in [0.15, 0.2) is 18.2 Å². The van der Waals surface area contributed by atoms with E-state index in [-0.39, 0.29) is 11.9 Å². The molecule has 0 spiro atoms. The molecule has 3 aromatic rings. The molecular formula is C19H25N5O3S. The molecule has 28 heavy (non-hydrogen) atoms. The molecular weight excluding hydrogens is 378 g/mol. The Bertz CT molecular complexity index is 978. The normalized spacial score (nSPS) is 17.1. The zero-order chi connectivity index (χ0) is 19.8. The van der Waals surface area contributed by atoms with Crippen molar-refractivity contribution in [3.05, 3.63) is 34.5 Å². The minimum absolute atomic E-state index is 0.109. The van der Waals surface area contributed by atoms with Crippen LogP contribution in [0.4, 0.5) is 0 Å². The summed E-state index contributed by atoms with van der Waals surface area (Å²) in [5.41, 5.74) is 1.04. The number of fused-ring (bicyclic) bond motifs is 1. The fraction of sp³-hybridized carbons (Fsp3) is 0.474. The van der Waals surface area contributed by atoms with E-state index in [0.29, 0.717) is 22.3 Å². The third kappa shape index (κ3) is 3.30. The molecule has 1 aromatic carbocycles. The van der Waals surface area contributed by atoms with Crippen LogP contribution in [-0.4, -0.2) is 77.0 Å². The first-order chi connectivity index (χ1) is 13.5. The van der Waals surface area contributed by atoms with Gasteiger partial charge in [-0.25, -0.2) is 4.98 Å². The highest BCUT2D eigenvalue weighted by Gasteiger charge is 2.31. The molecule has 9 heteroatoms. The third-order valence-corrected chi connectivity index (χ3v) is 6.25. The predicted octanol–water partition coefficient (Wildman–Crippen LogP) is 2.16. The van der Waals surface area contributed by atoms with Gasteiger partial charge in [-0.3, -0.25) is 4.90 Å². The van der Waals surface area contributed by atoms with E-state index in [1.54, 1.807) is 14.2 Å². The highest BCUT2D eigenvalue weighted by molar-refractivity contribution is 7.17. The number of ether oxygens (including phenoxy) is 2. The van der Waals surface area contributed by atoms with E-state index in [4.69, 9.17) is 9.47 Å². The van der Waals surface area contributed by atoms with Gasteiger partial charge in [0.2, 0.25) is 10.8 Å². The van der Waals surface area contributed by atoms with Crippen molar-refractivity contribution in [3.8, 4) is 17.4 Å². The lowest BCUT2D eigenvalue weighted by Gasteiger charge is -2.37. The maximum Gasteiger partial charge on any atom is 0.230 e. The van der Waals surface area contributed by atoms with Gasteiger partial charge in [0.1, 0.15) is 5.82 Å². The number of methoxy groups -OCH3 is 2. The number of piperazine rings is 1. The monoisotopic (exact) mass is 403 g/mol. The van der Waals surface area contributed by atoms with Gasteiger partial charge in [-0.2, -0.15) is 4.52 Å². The zero-order valence-corrected chi connectivity index (χ0v) is 17.4. The van der Waals surface area contributed by atoms with Gasteiger partial charge in [-0.05, 0) is 31.7 Å². The highest BCUT2D eigenvalue weighted by Crippen LogP contribution is 2.42. The molecule has 1 fully saturated rings. The highest BCUT2D eigenvalue weighted by atomic mass is 32.1. The lowest BCUT2D eigenvalue weighted by atomic mass is 10.0.